The van der Waals surface area contributed by atoms with E-state index in [-0.39, 0.29) is 11.5 Å². The van der Waals surface area contributed by atoms with Gasteiger partial charge in [-0.25, -0.2) is 13.1 Å². The number of aryl methyl sites for hydroxylation is 2. The second kappa shape index (κ2) is 6.13. The molecule has 0 amide bonds. The number of fused-ring (bicyclic) bond motifs is 1. The number of hydrogen-bond donors (Lipinski definition) is 0. The second-order valence-electron chi connectivity index (χ2n) is 5.62. The molecule has 0 unspecified atom stereocenters. The highest BCUT2D eigenvalue weighted by molar-refractivity contribution is 7.89. The van der Waals surface area contributed by atoms with Crippen LogP contribution in [0.4, 0.5) is 0 Å². The molecule has 8 heteroatoms. The van der Waals surface area contributed by atoms with Gasteiger partial charge >= 0.3 is 0 Å². The Hall–Kier alpha value is -1.60. The van der Waals surface area contributed by atoms with Gasteiger partial charge in [-0.05, 0) is 31.5 Å². The molecule has 23 heavy (non-hydrogen) atoms. The lowest BCUT2D eigenvalue weighted by atomic mass is 10.1. The van der Waals surface area contributed by atoms with E-state index in [1.54, 1.807) is 17.7 Å². The minimum atomic E-state index is -3.39. The molecule has 3 rings (SSSR count). The van der Waals surface area contributed by atoms with E-state index in [1.165, 1.54) is 0 Å². The molecule has 124 valence electrons. The van der Waals surface area contributed by atoms with Gasteiger partial charge in [0.2, 0.25) is 0 Å². The molecule has 0 bridgehead atoms. The Kier molecular flexibility index (Phi) is 4.33. The van der Waals surface area contributed by atoms with E-state index in [0.717, 1.165) is 12.0 Å². The average molecular weight is 356 g/mol. The van der Waals surface area contributed by atoms with Crippen LogP contribution in [0.1, 0.15) is 29.4 Å². The Morgan fingerprint density at radius 2 is 2.13 bits per heavy atom. The zero-order valence-electron chi connectivity index (χ0n) is 13.0. The highest BCUT2D eigenvalue weighted by Crippen LogP contribution is 2.34. The van der Waals surface area contributed by atoms with Crippen LogP contribution < -0.4 is 4.74 Å². The molecule has 2 heterocycles. The molecule has 0 fully saturated rings. The van der Waals surface area contributed by atoms with Crippen LogP contribution in [0.2, 0.25) is 5.02 Å². The summed E-state index contributed by atoms with van der Waals surface area (Å²) in [5.41, 5.74) is 2.87. The van der Waals surface area contributed by atoms with Crippen molar-refractivity contribution in [3.05, 3.63) is 39.7 Å². The topological polar surface area (TPSA) is 74.1 Å². The number of halogens is 1. The summed E-state index contributed by atoms with van der Waals surface area (Å²) < 4.78 is 32.5. The highest BCUT2D eigenvalue weighted by atomic mass is 35.5. The Morgan fingerprint density at radius 3 is 2.87 bits per heavy atom. The standard InChI is InChI=1S/C15H18ClN3O3S/c1-3-19-14(10(2)17-18-19)9-23(20,21)8-12-7-13(16)6-11-4-5-22-15(11)12/h6-7H,3-5,8-9H2,1-2H3. The average Bonchev–Trinajstić information content (AvgIpc) is 3.06. The van der Waals surface area contributed by atoms with Gasteiger partial charge in [-0.3, -0.25) is 0 Å². The first-order valence-corrected chi connectivity index (χ1v) is 9.63. The van der Waals surface area contributed by atoms with Crippen LogP contribution in [0.25, 0.3) is 0 Å². The maximum absolute atomic E-state index is 12.6. The van der Waals surface area contributed by atoms with Crippen molar-refractivity contribution in [2.24, 2.45) is 0 Å². The second-order valence-corrected chi connectivity index (χ2v) is 8.12. The van der Waals surface area contributed by atoms with E-state index >= 15 is 0 Å². The third-order valence-corrected chi connectivity index (χ3v) is 5.57. The van der Waals surface area contributed by atoms with Crippen LogP contribution in [-0.2, 0) is 34.3 Å². The molecule has 1 aromatic heterocycles. The van der Waals surface area contributed by atoms with Gasteiger partial charge in [-0.1, -0.05) is 16.8 Å². The largest absolute Gasteiger partial charge is 0.493 e. The lowest BCUT2D eigenvalue weighted by molar-refractivity contribution is 0.354. The first-order valence-electron chi connectivity index (χ1n) is 7.43. The summed E-state index contributed by atoms with van der Waals surface area (Å²) in [5.74, 6) is 0.461. The van der Waals surface area contributed by atoms with E-state index in [2.05, 4.69) is 10.3 Å². The molecule has 0 radical (unpaired) electrons. The van der Waals surface area contributed by atoms with Crippen molar-refractivity contribution in [1.82, 2.24) is 15.0 Å². The zero-order chi connectivity index (χ0) is 16.6. The number of hydrogen-bond acceptors (Lipinski definition) is 5. The van der Waals surface area contributed by atoms with Crippen molar-refractivity contribution in [3.63, 3.8) is 0 Å². The van der Waals surface area contributed by atoms with E-state index in [9.17, 15) is 8.42 Å². The van der Waals surface area contributed by atoms with Crippen molar-refractivity contribution in [3.8, 4) is 5.75 Å². The van der Waals surface area contributed by atoms with Crippen LogP contribution >= 0.6 is 11.6 Å². The lowest BCUT2D eigenvalue weighted by Crippen LogP contribution is -2.13. The molecule has 0 N–H and O–H groups in total. The number of aromatic nitrogens is 3. The van der Waals surface area contributed by atoms with Crippen molar-refractivity contribution in [1.29, 1.82) is 0 Å². The van der Waals surface area contributed by atoms with Crippen LogP contribution in [0.3, 0.4) is 0 Å². The summed E-state index contributed by atoms with van der Waals surface area (Å²) in [6.45, 7) is 4.82. The molecule has 1 aromatic carbocycles. The predicted octanol–water partition coefficient (Wildman–Crippen LogP) is 2.31. The van der Waals surface area contributed by atoms with Crippen molar-refractivity contribution in [2.45, 2.75) is 38.3 Å². The Balaban J connectivity index is 1.89. The number of benzene rings is 1. The van der Waals surface area contributed by atoms with Crippen LogP contribution in [0, 0.1) is 6.92 Å². The van der Waals surface area contributed by atoms with Gasteiger partial charge in [0, 0.05) is 23.6 Å². The summed E-state index contributed by atoms with van der Waals surface area (Å²) in [6, 6.07) is 3.51. The monoisotopic (exact) mass is 355 g/mol. The maximum Gasteiger partial charge on any atom is 0.160 e. The van der Waals surface area contributed by atoms with E-state index < -0.39 is 9.84 Å². The van der Waals surface area contributed by atoms with Crippen molar-refractivity contribution >= 4 is 21.4 Å². The first-order chi connectivity index (χ1) is 10.9. The summed E-state index contributed by atoms with van der Waals surface area (Å²) in [4.78, 5) is 0. The highest BCUT2D eigenvalue weighted by Gasteiger charge is 2.24. The zero-order valence-corrected chi connectivity index (χ0v) is 14.6. The van der Waals surface area contributed by atoms with E-state index in [1.807, 2.05) is 13.0 Å². The summed E-state index contributed by atoms with van der Waals surface area (Å²) >= 11 is 6.10. The fourth-order valence-corrected chi connectivity index (χ4v) is 4.63. The number of ether oxygens (including phenoxy) is 1. The third-order valence-electron chi connectivity index (χ3n) is 3.89. The number of sulfone groups is 1. The molecule has 0 aliphatic carbocycles. The van der Waals surface area contributed by atoms with Gasteiger partial charge in [0.05, 0.1) is 29.5 Å². The van der Waals surface area contributed by atoms with E-state index in [4.69, 9.17) is 16.3 Å². The lowest BCUT2D eigenvalue weighted by Gasteiger charge is -2.10. The Bertz CT molecular complexity index is 846. The molecule has 6 nitrogen and oxygen atoms in total. The predicted molar refractivity (Wildman–Crippen MR) is 87.4 cm³/mol. The van der Waals surface area contributed by atoms with Gasteiger partial charge in [-0.15, -0.1) is 5.10 Å². The van der Waals surface area contributed by atoms with Gasteiger partial charge < -0.3 is 4.74 Å². The van der Waals surface area contributed by atoms with Crippen molar-refractivity contribution in [2.75, 3.05) is 6.61 Å². The fourth-order valence-electron chi connectivity index (χ4n) is 2.80. The van der Waals surface area contributed by atoms with Crippen LogP contribution in [-0.4, -0.2) is 30.0 Å². The number of rotatable bonds is 5. The van der Waals surface area contributed by atoms with Gasteiger partial charge in [-0.2, -0.15) is 0 Å². The van der Waals surface area contributed by atoms with E-state index in [0.29, 0.717) is 40.9 Å². The fraction of sp³-hybridized carbons (Fsp3) is 0.467. The molecule has 0 saturated carbocycles. The molecule has 2 aromatic rings. The SMILES string of the molecule is CCn1nnc(C)c1CS(=O)(=O)Cc1cc(Cl)cc2c1OCC2. The first kappa shape index (κ1) is 16.3. The van der Waals surface area contributed by atoms with Crippen LogP contribution in [0.15, 0.2) is 12.1 Å². The Labute approximate surface area is 140 Å². The van der Waals surface area contributed by atoms with Gasteiger partial charge in [0.25, 0.3) is 0 Å². The molecular weight excluding hydrogens is 338 g/mol. The molecule has 0 spiro atoms. The Morgan fingerprint density at radius 1 is 1.35 bits per heavy atom. The molecule has 0 atom stereocenters. The van der Waals surface area contributed by atoms with Crippen LogP contribution in [0.5, 0.6) is 5.75 Å². The summed E-state index contributed by atoms with van der Waals surface area (Å²) in [6.07, 6.45) is 0.759. The summed E-state index contributed by atoms with van der Waals surface area (Å²) in [5, 5.41) is 8.44. The minimum Gasteiger partial charge on any atom is -0.493 e. The molecule has 0 saturated heterocycles. The smallest absolute Gasteiger partial charge is 0.160 e. The number of nitrogens with zero attached hydrogens (tertiary/aromatic N) is 3. The van der Waals surface area contributed by atoms with Gasteiger partial charge in [0.15, 0.2) is 9.84 Å². The summed E-state index contributed by atoms with van der Waals surface area (Å²) in [7, 11) is -3.39. The third kappa shape index (κ3) is 3.35. The van der Waals surface area contributed by atoms with Crippen molar-refractivity contribution < 1.29 is 13.2 Å². The maximum atomic E-state index is 12.6. The van der Waals surface area contributed by atoms with Gasteiger partial charge in [0.1, 0.15) is 5.75 Å². The molecular formula is C15H18ClN3O3S. The minimum absolute atomic E-state index is 0.0963. The molecule has 1 aliphatic rings. The molecule has 1 aliphatic heterocycles. The normalized spacial score (nSPS) is 13.9. The quantitative estimate of drug-likeness (QED) is 0.822.